The van der Waals surface area contributed by atoms with E-state index in [1.54, 1.807) is 4.57 Å². The van der Waals surface area contributed by atoms with E-state index >= 15 is 0 Å². The Kier molecular flexibility index (Phi) is 3.12. The van der Waals surface area contributed by atoms with E-state index in [1.807, 2.05) is 31.2 Å². The largest absolute Gasteiger partial charge is 0.452 e. The lowest BCUT2D eigenvalue weighted by Crippen LogP contribution is -2.33. The second kappa shape index (κ2) is 4.25. The van der Waals surface area contributed by atoms with E-state index in [0.717, 1.165) is 10.2 Å². The van der Waals surface area contributed by atoms with Gasteiger partial charge in [0.2, 0.25) is 5.52 Å². The van der Waals surface area contributed by atoms with Crippen molar-refractivity contribution in [3.8, 4) is 0 Å². The Balaban J connectivity index is 2.52. The summed E-state index contributed by atoms with van der Waals surface area (Å²) in [6, 6.07) is 7.35. The summed E-state index contributed by atoms with van der Waals surface area (Å²) in [5, 5.41) is 0. The van der Waals surface area contributed by atoms with Crippen molar-refractivity contribution in [3.63, 3.8) is 0 Å². The van der Waals surface area contributed by atoms with Crippen molar-refractivity contribution in [2.75, 3.05) is 0 Å². The molecule has 0 aliphatic carbocycles. The normalized spacial score (nSPS) is 12.2. The number of para-hydroxylation sites is 1. The van der Waals surface area contributed by atoms with Crippen LogP contribution in [0.4, 0.5) is 13.2 Å². The average molecular weight is 264 g/mol. The van der Waals surface area contributed by atoms with Crippen molar-refractivity contribution in [2.24, 2.45) is 0 Å². The van der Waals surface area contributed by atoms with Gasteiger partial charge in [-0.25, -0.2) is 0 Å². The molecule has 0 N–H and O–H groups in total. The SMILES string of the molecule is CC[n+]1c(SC(F)(F)F)sc2ccccc21. The number of thioether (sulfide) groups is 1. The standard InChI is InChI=1S/C10H9F3NS2/c1-2-14-7-5-3-4-6-8(7)15-9(14)16-10(11,12)13/h3-6H,2H2,1H3/q+1. The first kappa shape index (κ1) is 11.7. The Morgan fingerprint density at radius 2 is 2.00 bits per heavy atom. The summed E-state index contributed by atoms with van der Waals surface area (Å²) in [6.07, 6.45) is 0. The van der Waals surface area contributed by atoms with Gasteiger partial charge in [0, 0.05) is 6.07 Å². The molecule has 1 aromatic carbocycles. The van der Waals surface area contributed by atoms with Gasteiger partial charge in [-0.15, -0.1) is 0 Å². The van der Waals surface area contributed by atoms with Crippen molar-refractivity contribution in [2.45, 2.75) is 23.3 Å². The Morgan fingerprint density at radius 3 is 2.62 bits per heavy atom. The van der Waals surface area contributed by atoms with E-state index in [4.69, 9.17) is 0 Å². The predicted octanol–water partition coefficient (Wildman–Crippen LogP) is 3.82. The highest BCUT2D eigenvalue weighted by Gasteiger charge is 2.36. The number of thiazole rings is 1. The lowest BCUT2D eigenvalue weighted by Gasteiger charge is -2.00. The molecule has 0 aliphatic rings. The van der Waals surface area contributed by atoms with Crippen molar-refractivity contribution >= 4 is 33.3 Å². The summed E-state index contributed by atoms with van der Waals surface area (Å²) in [6.45, 7) is 2.39. The Bertz CT molecular complexity index is 504. The summed E-state index contributed by atoms with van der Waals surface area (Å²) in [4.78, 5) is 0. The van der Waals surface area contributed by atoms with Gasteiger partial charge in [0.1, 0.15) is 11.2 Å². The molecule has 0 saturated carbocycles. The summed E-state index contributed by atoms with van der Waals surface area (Å²) < 4.78 is 39.9. The topological polar surface area (TPSA) is 3.88 Å². The molecule has 0 bridgehead atoms. The van der Waals surface area contributed by atoms with E-state index in [1.165, 1.54) is 11.3 Å². The highest BCUT2D eigenvalue weighted by atomic mass is 32.2. The molecule has 1 heterocycles. The summed E-state index contributed by atoms with van der Waals surface area (Å²) in [5.74, 6) is 0. The number of halogens is 3. The van der Waals surface area contributed by atoms with Crippen molar-refractivity contribution in [1.29, 1.82) is 0 Å². The molecular formula is C10H9F3NS2+. The molecule has 0 atom stereocenters. The third-order valence-electron chi connectivity index (χ3n) is 2.09. The van der Waals surface area contributed by atoms with Gasteiger partial charge >= 0.3 is 9.85 Å². The predicted molar refractivity (Wildman–Crippen MR) is 59.6 cm³/mol. The molecule has 1 nitrogen and oxygen atoms in total. The first-order valence-electron chi connectivity index (χ1n) is 4.68. The van der Waals surface area contributed by atoms with Gasteiger partial charge in [-0.05, 0) is 13.0 Å². The quantitative estimate of drug-likeness (QED) is 0.589. The van der Waals surface area contributed by atoms with E-state index in [9.17, 15) is 13.2 Å². The van der Waals surface area contributed by atoms with Crippen LogP contribution in [-0.2, 0) is 6.54 Å². The highest BCUT2D eigenvalue weighted by molar-refractivity contribution is 8.01. The maximum absolute atomic E-state index is 12.3. The fourth-order valence-corrected chi connectivity index (χ4v) is 3.70. The van der Waals surface area contributed by atoms with Gasteiger partial charge in [-0.3, -0.25) is 0 Å². The van der Waals surface area contributed by atoms with Crippen LogP contribution in [0.15, 0.2) is 28.6 Å². The number of fused-ring (bicyclic) bond motifs is 1. The lowest BCUT2D eigenvalue weighted by molar-refractivity contribution is -0.698. The molecule has 2 rings (SSSR count). The van der Waals surface area contributed by atoms with Crippen LogP contribution >= 0.6 is 23.1 Å². The minimum Gasteiger partial charge on any atom is -0.176 e. The van der Waals surface area contributed by atoms with Crippen molar-refractivity contribution < 1.29 is 17.7 Å². The van der Waals surface area contributed by atoms with Gasteiger partial charge in [-0.2, -0.15) is 17.7 Å². The Hall–Kier alpha value is -0.750. The number of benzene rings is 1. The molecule has 0 unspecified atom stereocenters. The second-order valence-corrected chi connectivity index (χ2v) is 5.47. The molecule has 0 aliphatic heterocycles. The molecule has 0 fully saturated rings. The van der Waals surface area contributed by atoms with Crippen LogP contribution < -0.4 is 4.57 Å². The molecule has 0 radical (unpaired) electrons. The summed E-state index contributed by atoms with van der Waals surface area (Å²) in [7, 11) is 0. The zero-order chi connectivity index (χ0) is 11.8. The van der Waals surface area contributed by atoms with Crippen LogP contribution in [0.25, 0.3) is 10.2 Å². The molecular weight excluding hydrogens is 255 g/mol. The number of hydrogen-bond donors (Lipinski definition) is 0. The maximum atomic E-state index is 12.3. The molecule has 0 saturated heterocycles. The van der Waals surface area contributed by atoms with Crippen molar-refractivity contribution in [3.05, 3.63) is 24.3 Å². The fraction of sp³-hybridized carbons (Fsp3) is 0.300. The molecule has 2 aromatic rings. The molecule has 1 aromatic heterocycles. The third-order valence-corrected chi connectivity index (χ3v) is 4.18. The van der Waals surface area contributed by atoms with Gasteiger partial charge in [-0.1, -0.05) is 23.5 Å². The number of alkyl halides is 3. The van der Waals surface area contributed by atoms with Gasteiger partial charge in [0.15, 0.2) is 0 Å². The lowest BCUT2D eigenvalue weighted by atomic mass is 10.3. The fourth-order valence-electron chi connectivity index (χ4n) is 1.49. The number of aromatic nitrogens is 1. The van der Waals surface area contributed by atoms with Gasteiger partial charge in [0.25, 0.3) is 0 Å². The minimum absolute atomic E-state index is 0.0408. The second-order valence-electron chi connectivity index (χ2n) is 3.13. The van der Waals surface area contributed by atoms with Crippen molar-refractivity contribution in [1.82, 2.24) is 0 Å². The molecule has 0 amide bonds. The summed E-state index contributed by atoms with van der Waals surface area (Å²) >= 11 is 1.14. The number of aryl methyl sites for hydroxylation is 1. The zero-order valence-electron chi connectivity index (χ0n) is 8.41. The monoisotopic (exact) mass is 264 g/mol. The number of rotatable bonds is 2. The first-order chi connectivity index (χ1) is 7.51. The molecule has 0 spiro atoms. The van der Waals surface area contributed by atoms with Crippen LogP contribution in [0.2, 0.25) is 0 Å². The minimum atomic E-state index is -4.22. The van der Waals surface area contributed by atoms with Crippen LogP contribution in [0, 0.1) is 0 Å². The van der Waals surface area contributed by atoms with Crippen LogP contribution in [-0.4, -0.2) is 5.51 Å². The molecule has 86 valence electrons. The van der Waals surface area contributed by atoms with Gasteiger partial charge < -0.3 is 0 Å². The molecule has 16 heavy (non-hydrogen) atoms. The third kappa shape index (κ3) is 2.32. The van der Waals surface area contributed by atoms with Crippen LogP contribution in [0.3, 0.4) is 0 Å². The van der Waals surface area contributed by atoms with E-state index in [2.05, 4.69) is 0 Å². The number of nitrogens with zero attached hydrogens (tertiary/aromatic N) is 1. The van der Waals surface area contributed by atoms with Crippen LogP contribution in [0.1, 0.15) is 6.92 Å². The van der Waals surface area contributed by atoms with E-state index < -0.39 is 5.51 Å². The Morgan fingerprint density at radius 1 is 1.31 bits per heavy atom. The van der Waals surface area contributed by atoms with E-state index in [-0.39, 0.29) is 16.1 Å². The summed E-state index contributed by atoms with van der Waals surface area (Å²) in [5.41, 5.74) is -3.36. The first-order valence-corrected chi connectivity index (χ1v) is 6.31. The Labute approximate surface area is 98.9 Å². The average Bonchev–Trinajstić information content (AvgIpc) is 2.51. The van der Waals surface area contributed by atoms with Gasteiger partial charge in [0.05, 0.1) is 11.8 Å². The zero-order valence-corrected chi connectivity index (χ0v) is 10.0. The highest BCUT2D eigenvalue weighted by Crippen LogP contribution is 2.39. The smallest absolute Gasteiger partial charge is 0.176 e. The van der Waals surface area contributed by atoms with Crippen LogP contribution in [0.5, 0.6) is 0 Å². The number of hydrogen-bond acceptors (Lipinski definition) is 2. The molecule has 6 heteroatoms. The van der Waals surface area contributed by atoms with E-state index in [0.29, 0.717) is 6.54 Å². The maximum Gasteiger partial charge on any atom is 0.452 e.